The summed E-state index contributed by atoms with van der Waals surface area (Å²) in [5.41, 5.74) is 3.11. The fourth-order valence-electron chi connectivity index (χ4n) is 7.66. The summed E-state index contributed by atoms with van der Waals surface area (Å²) in [7, 11) is -1.31. The first kappa shape index (κ1) is 32.2. The summed E-state index contributed by atoms with van der Waals surface area (Å²) in [6.07, 6.45) is 0.794. The Morgan fingerprint density at radius 3 is 1.17 bits per heavy atom. The molecule has 0 aliphatic carbocycles. The molecule has 2 aromatic heterocycles. The minimum absolute atomic E-state index is 0.0582. The van der Waals surface area contributed by atoms with Gasteiger partial charge in [-0.15, -0.1) is 0 Å². The SMILES string of the molecule is CCC(COp1oc2ccc3ccccc3c2c2c(ccc3ccccc32)o1)N(C)p1oc2ccc3ccccc3c2c2c(ccc3ccccc32)o1. The van der Waals surface area contributed by atoms with E-state index < -0.39 is 16.4 Å². The Kier molecular flexibility index (Phi) is 8.01. The van der Waals surface area contributed by atoms with E-state index in [1.54, 1.807) is 0 Å². The van der Waals surface area contributed by atoms with E-state index in [0.717, 1.165) is 93.4 Å². The van der Waals surface area contributed by atoms with E-state index in [1.165, 1.54) is 0 Å². The lowest BCUT2D eigenvalue weighted by atomic mass is 9.99. The molecule has 0 saturated carbocycles. The van der Waals surface area contributed by atoms with Gasteiger partial charge in [-0.3, -0.25) is 4.52 Å². The fourth-order valence-corrected chi connectivity index (χ4v) is 10.2. The van der Waals surface area contributed by atoms with Crippen molar-refractivity contribution < 1.29 is 21.3 Å². The minimum atomic E-state index is -1.79. The van der Waals surface area contributed by atoms with E-state index in [-0.39, 0.29) is 6.04 Å². The Balaban J connectivity index is 1.10. The molecule has 0 fully saturated rings. The lowest BCUT2D eigenvalue weighted by Gasteiger charge is -2.22. The molecule has 1 unspecified atom stereocenters. The fraction of sp³-hybridized carbons (Fsp3) is 0.111. The Labute approximate surface area is 307 Å². The molecule has 8 aromatic carbocycles. The van der Waals surface area contributed by atoms with Gasteiger partial charge in [-0.2, -0.15) is 0 Å². The number of fused-ring (bicyclic) bond motifs is 14. The third-order valence-corrected chi connectivity index (χ3v) is 13.0. The van der Waals surface area contributed by atoms with Crippen LogP contribution >= 0.6 is 16.4 Å². The van der Waals surface area contributed by atoms with Crippen LogP contribution in [-0.2, 0) is 0 Å². The van der Waals surface area contributed by atoms with Crippen LogP contribution in [0.25, 0.3) is 87.0 Å². The van der Waals surface area contributed by atoms with Crippen LogP contribution in [0.5, 0.6) is 0 Å². The molecule has 0 bridgehead atoms. The lowest BCUT2D eigenvalue weighted by Crippen LogP contribution is -2.33. The van der Waals surface area contributed by atoms with Gasteiger partial charge in [0.25, 0.3) is 0 Å². The summed E-state index contributed by atoms with van der Waals surface area (Å²) >= 11 is 0. The van der Waals surface area contributed by atoms with Gasteiger partial charge in [-0.25, -0.2) is 4.67 Å². The topological polar surface area (TPSA) is 65.0 Å². The van der Waals surface area contributed by atoms with Crippen molar-refractivity contribution in [2.45, 2.75) is 19.4 Å². The van der Waals surface area contributed by atoms with E-state index in [9.17, 15) is 0 Å². The summed E-state index contributed by atoms with van der Waals surface area (Å²) in [5, 5.41) is 13.2. The molecule has 10 rings (SSSR count). The van der Waals surface area contributed by atoms with Crippen LogP contribution in [-0.4, -0.2) is 19.7 Å². The molecule has 0 amide bonds. The highest BCUT2D eigenvalue weighted by Crippen LogP contribution is 2.44. The zero-order valence-corrected chi connectivity index (χ0v) is 31.0. The number of hydrogen-bond acceptors (Lipinski definition) is 6. The number of benzene rings is 8. The first-order valence-electron chi connectivity index (χ1n) is 17.9. The Morgan fingerprint density at radius 2 is 0.811 bits per heavy atom. The van der Waals surface area contributed by atoms with Gasteiger partial charge in [0.15, 0.2) is 0 Å². The maximum Gasteiger partial charge on any atom is 0.387 e. The van der Waals surface area contributed by atoms with E-state index in [0.29, 0.717) is 6.61 Å². The van der Waals surface area contributed by atoms with Crippen LogP contribution in [0, 0.1) is 0 Å². The monoisotopic (exact) mass is 731 g/mol. The Bertz CT molecular complexity index is 2920. The molecule has 1 atom stereocenters. The second-order valence-electron chi connectivity index (χ2n) is 13.4. The van der Waals surface area contributed by atoms with Crippen LogP contribution in [0.2, 0.25) is 0 Å². The van der Waals surface area contributed by atoms with Crippen LogP contribution in [0.15, 0.2) is 162 Å². The normalized spacial score (nSPS) is 12.7. The standard InChI is InChI=1S/C45H35NO5P2/c1-3-33(28-47-53-50-40-26-22-31-14-6-10-18-36(31)44(40)45-37-19-11-7-15-32(37)23-27-41(45)51-53)46(2)52-48-38-24-20-29-12-4-8-16-34(29)42(38)43-35-17-9-5-13-30(35)21-25-39(43)49-52/h4-27,33H,3,28H2,1-2H3. The predicted molar refractivity (Wildman–Crippen MR) is 222 cm³/mol. The van der Waals surface area contributed by atoms with E-state index >= 15 is 0 Å². The van der Waals surface area contributed by atoms with Crippen molar-refractivity contribution in [2.24, 2.45) is 0 Å². The summed E-state index contributed by atoms with van der Waals surface area (Å²) in [5.74, 6) is 0. The van der Waals surface area contributed by atoms with Crippen LogP contribution in [0.4, 0.5) is 0 Å². The molecule has 53 heavy (non-hydrogen) atoms. The number of rotatable bonds is 6. The maximum atomic E-state index is 6.88. The molecule has 0 aliphatic rings. The van der Waals surface area contributed by atoms with Crippen molar-refractivity contribution in [2.75, 3.05) is 18.3 Å². The maximum absolute atomic E-state index is 6.88. The smallest absolute Gasteiger partial charge is 0.387 e. The van der Waals surface area contributed by atoms with Crippen molar-refractivity contribution in [3.05, 3.63) is 146 Å². The van der Waals surface area contributed by atoms with Gasteiger partial charge < -0.3 is 16.8 Å². The van der Waals surface area contributed by atoms with Gasteiger partial charge in [0.2, 0.25) is 0 Å². The van der Waals surface area contributed by atoms with Crippen LogP contribution < -0.4 is 9.19 Å². The third kappa shape index (κ3) is 5.50. The third-order valence-electron chi connectivity index (χ3n) is 10.4. The molecule has 2 heterocycles. The number of likely N-dealkylation sites (N-methyl/N-ethyl adjacent to an activating group) is 1. The number of nitrogens with zero attached hydrogens (tertiary/aromatic N) is 1. The molecule has 0 radical (unpaired) electrons. The lowest BCUT2D eigenvalue weighted by molar-refractivity contribution is 0.334. The molecule has 8 heteroatoms. The van der Waals surface area contributed by atoms with Gasteiger partial charge in [-0.05, 0) is 73.8 Å². The van der Waals surface area contributed by atoms with E-state index in [1.807, 2.05) is 12.1 Å². The number of hydrogen-bond donors (Lipinski definition) is 0. The first-order valence-corrected chi connectivity index (χ1v) is 20.1. The Hall–Kier alpha value is -5.48. The van der Waals surface area contributed by atoms with Crippen molar-refractivity contribution in [3.63, 3.8) is 0 Å². The molecule has 0 spiro atoms. The summed E-state index contributed by atoms with van der Waals surface area (Å²) in [4.78, 5) is 0. The average molecular weight is 732 g/mol. The van der Waals surface area contributed by atoms with Gasteiger partial charge in [0.05, 0.1) is 6.61 Å². The van der Waals surface area contributed by atoms with Crippen LogP contribution in [0.3, 0.4) is 0 Å². The van der Waals surface area contributed by atoms with Crippen molar-refractivity contribution in [1.29, 1.82) is 0 Å². The second kappa shape index (κ2) is 13.2. The quantitative estimate of drug-likeness (QED) is 0.170. The average Bonchev–Trinajstić information content (AvgIpc) is 3.49. The van der Waals surface area contributed by atoms with Crippen molar-refractivity contribution in [1.82, 2.24) is 0 Å². The molecule has 6 nitrogen and oxygen atoms in total. The summed E-state index contributed by atoms with van der Waals surface area (Å²) < 4.78 is 35.9. The zero-order valence-electron chi connectivity index (χ0n) is 29.2. The molecule has 10 aromatic rings. The minimum Gasteiger partial charge on any atom is -0.408 e. The zero-order chi connectivity index (χ0) is 35.5. The molecular weight excluding hydrogens is 696 g/mol. The highest BCUT2D eigenvalue weighted by molar-refractivity contribution is 7.39. The molecule has 0 saturated heterocycles. The van der Waals surface area contributed by atoms with Gasteiger partial charge >= 0.3 is 16.4 Å². The van der Waals surface area contributed by atoms with E-state index in [4.69, 9.17) is 21.3 Å². The van der Waals surface area contributed by atoms with Crippen LogP contribution in [0.1, 0.15) is 13.3 Å². The van der Waals surface area contributed by atoms with Gasteiger partial charge in [-0.1, -0.05) is 128 Å². The summed E-state index contributed by atoms with van der Waals surface area (Å²) in [6.45, 7) is 2.51. The molecule has 0 aliphatic heterocycles. The molecule has 0 N–H and O–H groups in total. The highest BCUT2D eigenvalue weighted by atomic mass is 31.1. The highest BCUT2D eigenvalue weighted by Gasteiger charge is 2.23. The van der Waals surface area contributed by atoms with Crippen molar-refractivity contribution >= 4 is 103 Å². The van der Waals surface area contributed by atoms with Gasteiger partial charge in [0, 0.05) is 34.6 Å². The largest absolute Gasteiger partial charge is 0.408 e. The van der Waals surface area contributed by atoms with Crippen molar-refractivity contribution in [3.8, 4) is 0 Å². The van der Waals surface area contributed by atoms with Gasteiger partial charge in [0.1, 0.15) is 22.3 Å². The first-order chi connectivity index (χ1) is 26.1. The second-order valence-corrected chi connectivity index (χ2v) is 15.9. The van der Waals surface area contributed by atoms with E-state index in [2.05, 4.69) is 152 Å². The predicted octanol–water partition coefficient (Wildman–Crippen LogP) is 14.0. The Morgan fingerprint density at radius 1 is 0.472 bits per heavy atom. The summed E-state index contributed by atoms with van der Waals surface area (Å²) in [6, 6.07) is 50.4. The molecular formula is C45H35NO5P2. The molecule has 260 valence electrons.